The zero-order chi connectivity index (χ0) is 13.0. The van der Waals surface area contributed by atoms with Gasteiger partial charge in [-0.05, 0) is 34.0 Å². The van der Waals surface area contributed by atoms with Crippen LogP contribution in [0.15, 0.2) is 16.6 Å². The Morgan fingerprint density at radius 1 is 1.24 bits per heavy atom. The van der Waals surface area contributed by atoms with Gasteiger partial charge in [0, 0.05) is 5.56 Å². The minimum absolute atomic E-state index is 0.176. The lowest BCUT2D eigenvalue weighted by Gasteiger charge is -2.21. The first kappa shape index (κ1) is 14.3. The molecule has 0 bridgehead atoms. The van der Waals surface area contributed by atoms with E-state index in [-0.39, 0.29) is 5.92 Å². The standard InChI is InChI=1S/C13H19BrO3/c1-5-8(2)13(15)9-6-12(17-4)10(14)7-11(9)16-3/h6-8,13,15H,5H2,1-4H3. The van der Waals surface area contributed by atoms with E-state index in [0.29, 0.717) is 11.5 Å². The number of rotatable bonds is 5. The van der Waals surface area contributed by atoms with Gasteiger partial charge < -0.3 is 14.6 Å². The summed E-state index contributed by atoms with van der Waals surface area (Å²) in [6, 6.07) is 3.64. The van der Waals surface area contributed by atoms with Crippen LogP contribution in [0.3, 0.4) is 0 Å². The highest BCUT2D eigenvalue weighted by atomic mass is 79.9. The van der Waals surface area contributed by atoms with Crippen LogP contribution in [-0.2, 0) is 0 Å². The maximum atomic E-state index is 10.3. The Labute approximate surface area is 111 Å². The number of ether oxygens (including phenoxy) is 2. The summed E-state index contributed by atoms with van der Waals surface area (Å²) in [7, 11) is 3.20. The normalized spacial score (nSPS) is 14.2. The molecule has 17 heavy (non-hydrogen) atoms. The number of hydrogen-bond donors (Lipinski definition) is 1. The van der Waals surface area contributed by atoms with Crippen LogP contribution in [0.25, 0.3) is 0 Å². The fourth-order valence-electron chi connectivity index (χ4n) is 1.64. The lowest BCUT2D eigenvalue weighted by Crippen LogP contribution is -2.10. The summed E-state index contributed by atoms with van der Waals surface area (Å²) < 4.78 is 11.3. The van der Waals surface area contributed by atoms with E-state index < -0.39 is 6.10 Å². The fourth-order valence-corrected chi connectivity index (χ4v) is 2.13. The van der Waals surface area contributed by atoms with E-state index in [9.17, 15) is 5.11 Å². The van der Waals surface area contributed by atoms with Gasteiger partial charge in [0.25, 0.3) is 0 Å². The van der Waals surface area contributed by atoms with Crippen molar-refractivity contribution in [3.63, 3.8) is 0 Å². The molecule has 96 valence electrons. The van der Waals surface area contributed by atoms with Crippen LogP contribution >= 0.6 is 15.9 Å². The van der Waals surface area contributed by atoms with Crippen molar-refractivity contribution >= 4 is 15.9 Å². The highest BCUT2D eigenvalue weighted by molar-refractivity contribution is 9.10. The maximum Gasteiger partial charge on any atom is 0.133 e. The first-order chi connectivity index (χ1) is 8.04. The summed E-state index contributed by atoms with van der Waals surface area (Å²) in [5.74, 6) is 1.54. The molecule has 3 nitrogen and oxygen atoms in total. The quantitative estimate of drug-likeness (QED) is 0.904. The van der Waals surface area contributed by atoms with E-state index >= 15 is 0 Å². The highest BCUT2D eigenvalue weighted by Gasteiger charge is 2.20. The van der Waals surface area contributed by atoms with Gasteiger partial charge in [-0.2, -0.15) is 0 Å². The van der Waals surface area contributed by atoms with Gasteiger partial charge in [-0.3, -0.25) is 0 Å². The smallest absolute Gasteiger partial charge is 0.133 e. The highest BCUT2D eigenvalue weighted by Crippen LogP contribution is 2.38. The third-order valence-electron chi connectivity index (χ3n) is 3.01. The molecule has 0 aliphatic heterocycles. The van der Waals surface area contributed by atoms with Crippen molar-refractivity contribution in [2.24, 2.45) is 5.92 Å². The molecule has 1 aromatic carbocycles. The topological polar surface area (TPSA) is 38.7 Å². The summed E-state index contributed by atoms with van der Waals surface area (Å²) in [6.07, 6.45) is 0.361. The van der Waals surface area contributed by atoms with Crippen molar-refractivity contribution in [1.29, 1.82) is 0 Å². The molecule has 2 atom stereocenters. The Bertz CT molecular complexity index is 379. The van der Waals surface area contributed by atoms with E-state index in [1.165, 1.54) is 0 Å². The van der Waals surface area contributed by atoms with Crippen molar-refractivity contribution < 1.29 is 14.6 Å². The van der Waals surface area contributed by atoms with E-state index in [2.05, 4.69) is 22.9 Å². The molecule has 1 N–H and O–H groups in total. The molecule has 0 saturated heterocycles. The van der Waals surface area contributed by atoms with Crippen LogP contribution in [0.2, 0.25) is 0 Å². The van der Waals surface area contributed by atoms with E-state index in [1.54, 1.807) is 14.2 Å². The number of benzene rings is 1. The Morgan fingerprint density at radius 2 is 1.82 bits per heavy atom. The molecule has 0 aliphatic carbocycles. The number of hydrogen-bond acceptors (Lipinski definition) is 3. The van der Waals surface area contributed by atoms with Crippen molar-refractivity contribution in [3.05, 3.63) is 22.2 Å². The van der Waals surface area contributed by atoms with Crippen LogP contribution in [0.4, 0.5) is 0 Å². The lowest BCUT2D eigenvalue weighted by atomic mass is 9.94. The molecule has 1 aromatic rings. The zero-order valence-corrected chi connectivity index (χ0v) is 12.2. The minimum atomic E-state index is -0.544. The van der Waals surface area contributed by atoms with Gasteiger partial charge in [0.15, 0.2) is 0 Å². The molecule has 0 fully saturated rings. The van der Waals surface area contributed by atoms with Crippen molar-refractivity contribution in [2.45, 2.75) is 26.4 Å². The fraction of sp³-hybridized carbons (Fsp3) is 0.538. The molecule has 1 rings (SSSR count). The predicted molar refractivity (Wildman–Crippen MR) is 71.7 cm³/mol. The molecule has 0 saturated carbocycles. The van der Waals surface area contributed by atoms with E-state index in [0.717, 1.165) is 16.5 Å². The summed E-state index contributed by atoms with van der Waals surface area (Å²) in [5.41, 5.74) is 0.766. The molecule has 0 radical (unpaired) electrons. The van der Waals surface area contributed by atoms with Gasteiger partial charge in [-0.15, -0.1) is 0 Å². The van der Waals surface area contributed by atoms with Crippen LogP contribution < -0.4 is 9.47 Å². The van der Waals surface area contributed by atoms with Crippen LogP contribution in [0, 0.1) is 5.92 Å². The predicted octanol–water partition coefficient (Wildman–Crippen LogP) is 3.55. The SMILES string of the molecule is CCC(C)C(O)c1cc(OC)c(Br)cc1OC. The summed E-state index contributed by atoms with van der Waals surface area (Å²) in [6.45, 7) is 4.06. The summed E-state index contributed by atoms with van der Waals surface area (Å²) in [5, 5.41) is 10.3. The largest absolute Gasteiger partial charge is 0.496 e. The lowest BCUT2D eigenvalue weighted by molar-refractivity contribution is 0.112. The van der Waals surface area contributed by atoms with Crippen molar-refractivity contribution in [1.82, 2.24) is 0 Å². The third-order valence-corrected chi connectivity index (χ3v) is 3.63. The van der Waals surface area contributed by atoms with Crippen LogP contribution in [-0.4, -0.2) is 19.3 Å². The van der Waals surface area contributed by atoms with E-state index in [4.69, 9.17) is 9.47 Å². The van der Waals surface area contributed by atoms with Gasteiger partial charge in [0.1, 0.15) is 11.5 Å². The van der Waals surface area contributed by atoms with Gasteiger partial charge >= 0.3 is 0 Å². The van der Waals surface area contributed by atoms with Crippen molar-refractivity contribution in [2.75, 3.05) is 14.2 Å². The van der Waals surface area contributed by atoms with Crippen molar-refractivity contribution in [3.8, 4) is 11.5 Å². The van der Waals surface area contributed by atoms with Gasteiger partial charge in [0.2, 0.25) is 0 Å². The molecule has 0 aliphatic rings. The molecule has 4 heteroatoms. The third kappa shape index (κ3) is 3.13. The number of halogens is 1. The summed E-state index contributed by atoms with van der Waals surface area (Å²) in [4.78, 5) is 0. The maximum absolute atomic E-state index is 10.3. The number of aliphatic hydroxyl groups excluding tert-OH is 1. The van der Waals surface area contributed by atoms with E-state index in [1.807, 2.05) is 19.1 Å². The van der Waals surface area contributed by atoms with Crippen LogP contribution in [0.1, 0.15) is 31.9 Å². The first-order valence-electron chi connectivity index (χ1n) is 5.64. The Balaban J connectivity index is 3.20. The first-order valence-corrected chi connectivity index (χ1v) is 6.43. The number of methoxy groups -OCH3 is 2. The van der Waals surface area contributed by atoms with Crippen LogP contribution in [0.5, 0.6) is 11.5 Å². The average molecular weight is 303 g/mol. The Kier molecular flexibility index (Phi) is 5.28. The molecule has 0 aromatic heterocycles. The average Bonchev–Trinajstić information content (AvgIpc) is 2.36. The second kappa shape index (κ2) is 6.26. The Morgan fingerprint density at radius 3 is 2.29 bits per heavy atom. The zero-order valence-electron chi connectivity index (χ0n) is 10.7. The second-order valence-corrected chi connectivity index (χ2v) is 4.91. The van der Waals surface area contributed by atoms with Gasteiger partial charge in [-0.25, -0.2) is 0 Å². The molecule has 0 spiro atoms. The van der Waals surface area contributed by atoms with Gasteiger partial charge in [-0.1, -0.05) is 20.3 Å². The molecule has 0 amide bonds. The minimum Gasteiger partial charge on any atom is -0.496 e. The second-order valence-electron chi connectivity index (χ2n) is 4.06. The molecular weight excluding hydrogens is 284 g/mol. The Hall–Kier alpha value is -0.740. The number of aliphatic hydroxyl groups is 1. The molecule has 2 unspecified atom stereocenters. The molecular formula is C13H19BrO3. The molecule has 0 heterocycles. The van der Waals surface area contributed by atoms with Gasteiger partial charge in [0.05, 0.1) is 24.8 Å². The monoisotopic (exact) mass is 302 g/mol. The summed E-state index contributed by atoms with van der Waals surface area (Å²) >= 11 is 3.40.